The van der Waals surface area contributed by atoms with E-state index in [1.807, 2.05) is 6.07 Å². The molecule has 0 saturated carbocycles. The number of hydrogen-bond acceptors (Lipinski definition) is 2. The highest BCUT2D eigenvalue weighted by Crippen LogP contribution is 2.19. The van der Waals surface area contributed by atoms with E-state index in [2.05, 4.69) is 60.8 Å². The lowest BCUT2D eigenvalue weighted by Gasteiger charge is -2.14. The molecular formula is C17H22ClNO. The van der Waals surface area contributed by atoms with Gasteiger partial charge in [0, 0.05) is 12.6 Å². The summed E-state index contributed by atoms with van der Waals surface area (Å²) in [5.41, 5.74) is 3.72. The Kier molecular flexibility index (Phi) is 7.31. The molecule has 3 heteroatoms. The summed E-state index contributed by atoms with van der Waals surface area (Å²) in [5.74, 6) is 0. The van der Waals surface area contributed by atoms with E-state index in [1.165, 1.54) is 16.7 Å². The second kappa shape index (κ2) is 8.75. The second-order valence-corrected chi connectivity index (χ2v) is 4.73. The molecule has 2 nitrogen and oxygen atoms in total. The summed E-state index contributed by atoms with van der Waals surface area (Å²) >= 11 is 0. The van der Waals surface area contributed by atoms with E-state index in [0.29, 0.717) is 0 Å². The third kappa shape index (κ3) is 4.64. The van der Waals surface area contributed by atoms with Crippen LogP contribution >= 0.6 is 12.4 Å². The Bertz CT molecular complexity index is 480. The van der Waals surface area contributed by atoms with Gasteiger partial charge in [-0.2, -0.15) is 0 Å². The van der Waals surface area contributed by atoms with Crippen LogP contribution in [0.1, 0.15) is 18.9 Å². The monoisotopic (exact) mass is 291 g/mol. The first-order valence-electron chi connectivity index (χ1n) is 6.82. The van der Waals surface area contributed by atoms with E-state index in [0.717, 1.165) is 13.0 Å². The molecule has 0 fully saturated rings. The van der Waals surface area contributed by atoms with Crippen LogP contribution in [0.15, 0.2) is 54.6 Å². The van der Waals surface area contributed by atoms with E-state index in [9.17, 15) is 0 Å². The van der Waals surface area contributed by atoms with Crippen molar-refractivity contribution >= 4 is 12.4 Å². The van der Waals surface area contributed by atoms with E-state index < -0.39 is 0 Å². The van der Waals surface area contributed by atoms with Gasteiger partial charge >= 0.3 is 0 Å². The van der Waals surface area contributed by atoms with Crippen LogP contribution in [0.2, 0.25) is 0 Å². The van der Waals surface area contributed by atoms with Crippen molar-refractivity contribution in [3.8, 4) is 11.1 Å². The lowest BCUT2D eigenvalue weighted by Crippen LogP contribution is -2.31. The fraction of sp³-hybridized carbons (Fsp3) is 0.294. The van der Waals surface area contributed by atoms with Gasteiger partial charge in [-0.3, -0.25) is 0 Å². The average molecular weight is 292 g/mol. The standard InChI is InChI=1S/C17H21NO.ClH/c1-2-17(13-19)18-12-14-8-10-16(11-9-14)15-6-4-3-5-7-15;/h3-11,17-19H,2,12-13H2,1H3;1H. The van der Waals surface area contributed by atoms with E-state index >= 15 is 0 Å². The summed E-state index contributed by atoms with van der Waals surface area (Å²) in [6, 6.07) is 19.1. The van der Waals surface area contributed by atoms with Crippen molar-refractivity contribution in [2.24, 2.45) is 0 Å². The lowest BCUT2D eigenvalue weighted by molar-refractivity contribution is 0.238. The molecule has 2 N–H and O–H groups in total. The maximum absolute atomic E-state index is 9.13. The molecule has 20 heavy (non-hydrogen) atoms. The Hall–Kier alpha value is -1.35. The zero-order chi connectivity index (χ0) is 13.5. The predicted octanol–water partition coefficient (Wildman–Crippen LogP) is 3.64. The Morgan fingerprint density at radius 2 is 1.55 bits per heavy atom. The molecule has 0 bridgehead atoms. The summed E-state index contributed by atoms with van der Waals surface area (Å²) in [4.78, 5) is 0. The lowest BCUT2D eigenvalue weighted by atomic mass is 10.0. The summed E-state index contributed by atoms with van der Waals surface area (Å²) in [5, 5.41) is 12.5. The van der Waals surface area contributed by atoms with Crippen molar-refractivity contribution in [1.29, 1.82) is 0 Å². The largest absolute Gasteiger partial charge is 0.395 e. The number of nitrogens with one attached hydrogen (secondary N) is 1. The van der Waals surface area contributed by atoms with Crippen LogP contribution in [0.3, 0.4) is 0 Å². The first-order chi connectivity index (χ1) is 9.33. The third-order valence-corrected chi connectivity index (χ3v) is 3.37. The van der Waals surface area contributed by atoms with Gasteiger partial charge in [-0.1, -0.05) is 61.5 Å². The number of aliphatic hydroxyl groups excluding tert-OH is 1. The van der Waals surface area contributed by atoms with E-state index in [4.69, 9.17) is 5.11 Å². The van der Waals surface area contributed by atoms with Crippen molar-refractivity contribution in [1.82, 2.24) is 5.32 Å². The zero-order valence-electron chi connectivity index (χ0n) is 11.8. The molecule has 0 aromatic heterocycles. The Balaban J connectivity index is 0.00000200. The minimum atomic E-state index is 0. The smallest absolute Gasteiger partial charge is 0.0584 e. The average Bonchev–Trinajstić information content (AvgIpc) is 2.50. The van der Waals surface area contributed by atoms with Gasteiger partial charge in [0.25, 0.3) is 0 Å². The number of aliphatic hydroxyl groups is 1. The van der Waals surface area contributed by atoms with Crippen LogP contribution in [0.25, 0.3) is 11.1 Å². The zero-order valence-corrected chi connectivity index (χ0v) is 12.6. The molecule has 0 heterocycles. The Labute approximate surface area is 127 Å². The fourth-order valence-corrected chi connectivity index (χ4v) is 2.05. The summed E-state index contributed by atoms with van der Waals surface area (Å²) in [7, 11) is 0. The van der Waals surface area contributed by atoms with Crippen molar-refractivity contribution in [2.75, 3.05) is 6.61 Å². The second-order valence-electron chi connectivity index (χ2n) is 4.73. The molecule has 0 radical (unpaired) electrons. The number of halogens is 1. The van der Waals surface area contributed by atoms with E-state index in [1.54, 1.807) is 0 Å². The van der Waals surface area contributed by atoms with Gasteiger partial charge in [-0.15, -0.1) is 12.4 Å². The molecular weight excluding hydrogens is 270 g/mol. The fourth-order valence-electron chi connectivity index (χ4n) is 2.05. The van der Waals surface area contributed by atoms with Gasteiger partial charge in [0.05, 0.1) is 6.61 Å². The van der Waals surface area contributed by atoms with Crippen molar-refractivity contribution in [3.63, 3.8) is 0 Å². The molecule has 1 atom stereocenters. The van der Waals surface area contributed by atoms with Crippen LogP contribution in [0.4, 0.5) is 0 Å². The van der Waals surface area contributed by atoms with Crippen LogP contribution in [-0.4, -0.2) is 17.8 Å². The summed E-state index contributed by atoms with van der Waals surface area (Å²) in [6.07, 6.45) is 0.943. The Morgan fingerprint density at radius 1 is 0.950 bits per heavy atom. The number of hydrogen-bond donors (Lipinski definition) is 2. The third-order valence-electron chi connectivity index (χ3n) is 3.37. The van der Waals surface area contributed by atoms with Gasteiger partial charge in [0.1, 0.15) is 0 Å². The molecule has 0 aliphatic rings. The first kappa shape index (κ1) is 16.7. The van der Waals surface area contributed by atoms with Crippen LogP contribution in [0.5, 0.6) is 0 Å². The molecule has 2 aromatic rings. The quantitative estimate of drug-likeness (QED) is 0.852. The molecule has 0 aliphatic heterocycles. The minimum Gasteiger partial charge on any atom is -0.395 e. The van der Waals surface area contributed by atoms with Crippen molar-refractivity contribution < 1.29 is 5.11 Å². The minimum absolute atomic E-state index is 0. The van der Waals surface area contributed by atoms with Crippen molar-refractivity contribution in [2.45, 2.75) is 25.9 Å². The molecule has 0 saturated heterocycles. The van der Waals surface area contributed by atoms with Crippen LogP contribution in [0, 0.1) is 0 Å². The highest BCUT2D eigenvalue weighted by molar-refractivity contribution is 5.85. The van der Waals surface area contributed by atoms with Gasteiger partial charge < -0.3 is 10.4 Å². The molecule has 0 aliphatic carbocycles. The molecule has 2 aromatic carbocycles. The SMILES string of the molecule is CCC(CO)NCc1ccc(-c2ccccc2)cc1.Cl. The number of rotatable bonds is 6. The topological polar surface area (TPSA) is 32.3 Å². The normalized spacial score (nSPS) is 11.7. The summed E-state index contributed by atoms with van der Waals surface area (Å²) < 4.78 is 0. The van der Waals surface area contributed by atoms with Gasteiger partial charge in [0.15, 0.2) is 0 Å². The molecule has 2 rings (SSSR count). The van der Waals surface area contributed by atoms with Crippen LogP contribution < -0.4 is 5.32 Å². The number of benzene rings is 2. The van der Waals surface area contributed by atoms with Gasteiger partial charge in [-0.05, 0) is 23.1 Å². The highest BCUT2D eigenvalue weighted by atomic mass is 35.5. The Morgan fingerprint density at radius 3 is 2.10 bits per heavy atom. The molecule has 0 amide bonds. The predicted molar refractivity (Wildman–Crippen MR) is 87.1 cm³/mol. The highest BCUT2D eigenvalue weighted by Gasteiger charge is 2.03. The summed E-state index contributed by atoms with van der Waals surface area (Å²) in [6.45, 7) is 3.07. The van der Waals surface area contributed by atoms with E-state index in [-0.39, 0.29) is 25.1 Å². The maximum atomic E-state index is 9.13. The van der Waals surface area contributed by atoms with Gasteiger partial charge in [0.2, 0.25) is 0 Å². The van der Waals surface area contributed by atoms with Gasteiger partial charge in [-0.25, -0.2) is 0 Å². The first-order valence-corrected chi connectivity index (χ1v) is 6.82. The van der Waals surface area contributed by atoms with Crippen LogP contribution in [-0.2, 0) is 6.54 Å². The molecule has 108 valence electrons. The molecule has 1 unspecified atom stereocenters. The van der Waals surface area contributed by atoms with Crippen molar-refractivity contribution in [3.05, 3.63) is 60.2 Å². The molecule has 0 spiro atoms. The maximum Gasteiger partial charge on any atom is 0.0584 e.